The maximum absolute atomic E-state index is 5.53. The number of nitrogens with one attached hydrogen (secondary N) is 2. The van der Waals surface area contributed by atoms with Gasteiger partial charge in [-0.15, -0.1) is 0 Å². The van der Waals surface area contributed by atoms with Crippen LogP contribution in [-0.2, 0) is 0 Å². The van der Waals surface area contributed by atoms with Gasteiger partial charge in [-0.25, -0.2) is 0 Å². The number of benzene rings is 2. The molecule has 6 N–H and O–H groups in total. The van der Waals surface area contributed by atoms with Gasteiger partial charge in [0, 0.05) is 17.1 Å². The van der Waals surface area contributed by atoms with E-state index in [0.29, 0.717) is 5.95 Å². The van der Waals surface area contributed by atoms with Crippen LogP contribution in [0.5, 0.6) is 0 Å². The molecule has 0 amide bonds. The molecular formula is C15H15N7. The number of para-hydroxylation sites is 1. The average molecular weight is 293 g/mol. The Kier molecular flexibility index (Phi) is 3.69. The number of nitrogens with zero attached hydrogens (tertiary/aromatic N) is 3. The zero-order valence-electron chi connectivity index (χ0n) is 11.7. The summed E-state index contributed by atoms with van der Waals surface area (Å²) in [6.07, 6.45) is 0. The van der Waals surface area contributed by atoms with Crippen molar-refractivity contribution in [3.63, 3.8) is 0 Å². The lowest BCUT2D eigenvalue weighted by Gasteiger charge is -2.09. The molecule has 0 fully saturated rings. The van der Waals surface area contributed by atoms with Crippen molar-refractivity contribution in [3.05, 3.63) is 54.6 Å². The van der Waals surface area contributed by atoms with Gasteiger partial charge in [0.15, 0.2) is 0 Å². The molecular weight excluding hydrogens is 278 g/mol. The standard InChI is InChI=1S/C15H15N7/c16-13-20-14(17)22-15(21-13)19-12-8-6-11(7-9-12)18-10-4-2-1-3-5-10/h1-9,18H,(H5,16,17,19,20,21,22). The van der Waals surface area contributed by atoms with Gasteiger partial charge >= 0.3 is 0 Å². The summed E-state index contributed by atoms with van der Waals surface area (Å²) in [7, 11) is 0. The minimum absolute atomic E-state index is 0.0809. The fraction of sp³-hybridized carbons (Fsp3) is 0. The lowest BCUT2D eigenvalue weighted by Crippen LogP contribution is -2.06. The fourth-order valence-corrected chi connectivity index (χ4v) is 1.92. The Morgan fingerprint density at radius 2 is 1.09 bits per heavy atom. The van der Waals surface area contributed by atoms with Gasteiger partial charge in [0.1, 0.15) is 0 Å². The van der Waals surface area contributed by atoms with Crippen molar-refractivity contribution in [2.24, 2.45) is 0 Å². The lowest BCUT2D eigenvalue weighted by atomic mass is 10.2. The molecule has 0 spiro atoms. The fourth-order valence-electron chi connectivity index (χ4n) is 1.92. The Labute approximate surface area is 127 Å². The summed E-state index contributed by atoms with van der Waals surface area (Å²) in [4.78, 5) is 11.7. The highest BCUT2D eigenvalue weighted by molar-refractivity contribution is 5.64. The first-order chi connectivity index (χ1) is 10.7. The van der Waals surface area contributed by atoms with Gasteiger partial charge in [-0.3, -0.25) is 0 Å². The first kappa shape index (κ1) is 13.6. The minimum Gasteiger partial charge on any atom is -0.368 e. The molecule has 0 bridgehead atoms. The molecule has 0 atom stereocenters. The van der Waals surface area contributed by atoms with Gasteiger partial charge < -0.3 is 22.1 Å². The van der Waals surface area contributed by atoms with Crippen molar-refractivity contribution in [2.75, 3.05) is 22.1 Å². The van der Waals surface area contributed by atoms with Crippen LogP contribution in [0.1, 0.15) is 0 Å². The van der Waals surface area contributed by atoms with Gasteiger partial charge in [-0.05, 0) is 36.4 Å². The largest absolute Gasteiger partial charge is 0.368 e. The number of nitrogen functional groups attached to an aromatic ring is 2. The van der Waals surface area contributed by atoms with Crippen molar-refractivity contribution in [1.82, 2.24) is 15.0 Å². The van der Waals surface area contributed by atoms with E-state index in [0.717, 1.165) is 17.1 Å². The molecule has 1 aromatic heterocycles. The van der Waals surface area contributed by atoms with E-state index in [4.69, 9.17) is 11.5 Å². The predicted octanol–water partition coefficient (Wildman–Crippen LogP) is 2.52. The van der Waals surface area contributed by atoms with E-state index in [1.165, 1.54) is 0 Å². The van der Waals surface area contributed by atoms with Gasteiger partial charge in [0.2, 0.25) is 17.8 Å². The molecule has 0 saturated heterocycles. The van der Waals surface area contributed by atoms with Crippen LogP contribution in [-0.4, -0.2) is 15.0 Å². The molecule has 0 radical (unpaired) electrons. The van der Waals surface area contributed by atoms with Crippen molar-refractivity contribution in [3.8, 4) is 0 Å². The monoisotopic (exact) mass is 293 g/mol. The zero-order chi connectivity index (χ0) is 15.4. The Morgan fingerprint density at radius 3 is 1.68 bits per heavy atom. The van der Waals surface area contributed by atoms with Crippen molar-refractivity contribution >= 4 is 34.9 Å². The molecule has 0 aliphatic rings. The Balaban J connectivity index is 1.71. The summed E-state index contributed by atoms with van der Waals surface area (Å²) >= 11 is 0. The van der Waals surface area contributed by atoms with Gasteiger partial charge in [0.05, 0.1) is 0 Å². The molecule has 1 heterocycles. The van der Waals surface area contributed by atoms with Crippen LogP contribution < -0.4 is 22.1 Å². The van der Waals surface area contributed by atoms with Crippen LogP contribution in [0.3, 0.4) is 0 Å². The van der Waals surface area contributed by atoms with Crippen molar-refractivity contribution in [1.29, 1.82) is 0 Å². The molecule has 0 aliphatic heterocycles. The predicted molar refractivity (Wildman–Crippen MR) is 88.1 cm³/mol. The van der Waals surface area contributed by atoms with E-state index in [9.17, 15) is 0 Å². The second kappa shape index (κ2) is 5.96. The zero-order valence-corrected chi connectivity index (χ0v) is 11.7. The van der Waals surface area contributed by atoms with E-state index < -0.39 is 0 Å². The smallest absolute Gasteiger partial charge is 0.233 e. The lowest BCUT2D eigenvalue weighted by molar-refractivity contribution is 1.08. The SMILES string of the molecule is Nc1nc(N)nc(Nc2ccc(Nc3ccccc3)cc2)n1. The van der Waals surface area contributed by atoms with E-state index >= 15 is 0 Å². The van der Waals surface area contributed by atoms with Crippen LogP contribution in [0.15, 0.2) is 54.6 Å². The number of hydrogen-bond donors (Lipinski definition) is 4. The summed E-state index contributed by atoms with van der Waals surface area (Å²) in [6, 6.07) is 17.6. The van der Waals surface area contributed by atoms with E-state index in [1.54, 1.807) is 0 Å². The summed E-state index contributed by atoms with van der Waals surface area (Å²) < 4.78 is 0. The Bertz CT molecular complexity index is 736. The van der Waals surface area contributed by atoms with Gasteiger partial charge in [0.25, 0.3) is 0 Å². The number of hydrogen-bond acceptors (Lipinski definition) is 7. The molecule has 0 unspecified atom stereocenters. The molecule has 7 nitrogen and oxygen atoms in total. The number of anilines is 6. The molecule has 22 heavy (non-hydrogen) atoms. The van der Waals surface area contributed by atoms with E-state index in [-0.39, 0.29) is 11.9 Å². The van der Waals surface area contributed by atoms with Gasteiger partial charge in [-0.2, -0.15) is 15.0 Å². The Morgan fingerprint density at radius 1 is 0.591 bits per heavy atom. The molecule has 0 saturated carbocycles. The molecule has 7 heteroatoms. The van der Waals surface area contributed by atoms with Crippen LogP contribution in [0.25, 0.3) is 0 Å². The Hall–Kier alpha value is -3.35. The second-order valence-electron chi connectivity index (χ2n) is 4.57. The van der Waals surface area contributed by atoms with E-state index in [2.05, 4.69) is 25.6 Å². The van der Waals surface area contributed by atoms with Crippen molar-refractivity contribution < 1.29 is 0 Å². The summed E-state index contributed by atoms with van der Waals surface area (Å²) in [5, 5.41) is 6.33. The maximum Gasteiger partial charge on any atom is 0.233 e. The molecule has 110 valence electrons. The van der Waals surface area contributed by atoms with Crippen LogP contribution in [0.2, 0.25) is 0 Å². The maximum atomic E-state index is 5.53. The summed E-state index contributed by atoms with van der Waals surface area (Å²) in [5.74, 6) is 0.475. The minimum atomic E-state index is 0.0809. The first-order valence-electron chi connectivity index (χ1n) is 6.65. The summed E-state index contributed by atoms with van der Waals surface area (Å²) in [6.45, 7) is 0. The molecule has 0 aliphatic carbocycles. The number of aromatic nitrogens is 3. The highest BCUT2D eigenvalue weighted by Gasteiger charge is 2.02. The summed E-state index contributed by atoms with van der Waals surface area (Å²) in [5.41, 5.74) is 13.9. The number of nitrogens with two attached hydrogens (primary N) is 2. The highest BCUT2D eigenvalue weighted by Crippen LogP contribution is 2.20. The van der Waals surface area contributed by atoms with E-state index in [1.807, 2.05) is 54.6 Å². The van der Waals surface area contributed by atoms with Gasteiger partial charge in [-0.1, -0.05) is 18.2 Å². The molecule has 2 aromatic carbocycles. The third-order valence-corrected chi connectivity index (χ3v) is 2.87. The highest BCUT2D eigenvalue weighted by atomic mass is 15.2. The second-order valence-corrected chi connectivity index (χ2v) is 4.57. The normalized spacial score (nSPS) is 10.2. The third-order valence-electron chi connectivity index (χ3n) is 2.87. The third kappa shape index (κ3) is 3.40. The average Bonchev–Trinajstić information content (AvgIpc) is 2.49. The van der Waals surface area contributed by atoms with Crippen molar-refractivity contribution in [2.45, 2.75) is 0 Å². The van der Waals surface area contributed by atoms with Crippen LogP contribution >= 0.6 is 0 Å². The topological polar surface area (TPSA) is 115 Å². The first-order valence-corrected chi connectivity index (χ1v) is 6.65. The molecule has 3 rings (SSSR count). The van der Waals surface area contributed by atoms with Crippen LogP contribution in [0.4, 0.5) is 34.9 Å². The molecule has 3 aromatic rings. The number of rotatable bonds is 4. The van der Waals surface area contributed by atoms with Crippen LogP contribution in [0, 0.1) is 0 Å². The quantitative estimate of drug-likeness (QED) is 0.584.